The van der Waals surface area contributed by atoms with Crippen molar-refractivity contribution in [2.24, 2.45) is 5.92 Å². The molecule has 2 aliphatic rings. The number of ether oxygens (including phenoxy) is 1. The third kappa shape index (κ3) is 5.64. The molecule has 0 radical (unpaired) electrons. The van der Waals surface area contributed by atoms with E-state index in [4.69, 9.17) is 4.74 Å². The number of amides is 1. The van der Waals surface area contributed by atoms with Gasteiger partial charge in [-0.15, -0.1) is 0 Å². The van der Waals surface area contributed by atoms with Crippen LogP contribution in [-0.2, 0) is 4.74 Å². The molecular formula is C18H34N2O3. The monoisotopic (exact) mass is 326 g/mol. The molecule has 1 saturated heterocycles. The molecule has 1 atom stereocenters. The SMILES string of the molecule is CC(C)(C)OC(=O)N1CCN(C(CO)C2CCCCCC2)CC1. The zero-order valence-corrected chi connectivity index (χ0v) is 15.1. The first-order valence-corrected chi connectivity index (χ1v) is 9.23. The van der Waals surface area contributed by atoms with Gasteiger partial charge >= 0.3 is 6.09 Å². The number of hydrogen-bond donors (Lipinski definition) is 1. The Labute approximate surface area is 141 Å². The van der Waals surface area contributed by atoms with E-state index in [0.29, 0.717) is 19.0 Å². The number of piperazine rings is 1. The standard InChI is InChI=1S/C18H34N2O3/c1-18(2,3)23-17(22)20-12-10-19(11-13-20)16(14-21)15-8-6-4-5-7-9-15/h15-16,21H,4-14H2,1-3H3. The lowest BCUT2D eigenvalue weighted by Gasteiger charge is -2.41. The van der Waals surface area contributed by atoms with Gasteiger partial charge in [-0.25, -0.2) is 4.79 Å². The molecule has 5 heteroatoms. The third-order valence-electron chi connectivity index (χ3n) is 5.07. The van der Waals surface area contributed by atoms with Crippen molar-refractivity contribution in [1.82, 2.24) is 9.80 Å². The molecule has 0 aromatic heterocycles. The Bertz CT molecular complexity index is 365. The smallest absolute Gasteiger partial charge is 0.410 e. The molecule has 134 valence electrons. The Balaban J connectivity index is 1.85. The zero-order chi connectivity index (χ0) is 16.9. The highest BCUT2D eigenvalue weighted by atomic mass is 16.6. The van der Waals surface area contributed by atoms with E-state index in [0.717, 1.165) is 13.1 Å². The summed E-state index contributed by atoms with van der Waals surface area (Å²) in [7, 11) is 0. The Kier molecular flexibility index (Phi) is 6.72. The molecule has 1 aliphatic heterocycles. The fraction of sp³-hybridized carbons (Fsp3) is 0.944. The predicted octanol–water partition coefficient (Wildman–Crippen LogP) is 2.87. The first-order valence-electron chi connectivity index (χ1n) is 9.23. The van der Waals surface area contributed by atoms with Crippen LogP contribution >= 0.6 is 0 Å². The summed E-state index contributed by atoms with van der Waals surface area (Å²) in [5, 5.41) is 9.90. The van der Waals surface area contributed by atoms with E-state index in [9.17, 15) is 9.90 Å². The topological polar surface area (TPSA) is 53.0 Å². The van der Waals surface area contributed by atoms with Gasteiger partial charge in [-0.1, -0.05) is 25.7 Å². The maximum absolute atomic E-state index is 12.1. The Morgan fingerprint density at radius 2 is 1.65 bits per heavy atom. The zero-order valence-electron chi connectivity index (χ0n) is 15.1. The molecule has 5 nitrogen and oxygen atoms in total. The highest BCUT2D eigenvalue weighted by Gasteiger charge is 2.32. The van der Waals surface area contributed by atoms with Gasteiger partial charge in [0.15, 0.2) is 0 Å². The number of carbonyl (C=O) groups is 1. The predicted molar refractivity (Wildman–Crippen MR) is 91.4 cm³/mol. The van der Waals surface area contributed by atoms with Crippen molar-refractivity contribution in [2.75, 3.05) is 32.8 Å². The number of rotatable bonds is 3. The second kappa shape index (κ2) is 8.34. The molecule has 1 amide bonds. The van der Waals surface area contributed by atoms with Gasteiger partial charge in [0.25, 0.3) is 0 Å². The molecule has 1 saturated carbocycles. The fourth-order valence-electron chi connectivity index (χ4n) is 3.82. The number of aliphatic hydroxyl groups excluding tert-OH is 1. The second-order valence-electron chi connectivity index (χ2n) is 8.00. The molecule has 0 aromatic carbocycles. The molecule has 2 fully saturated rings. The van der Waals surface area contributed by atoms with Gasteiger partial charge in [0.05, 0.1) is 6.61 Å². The van der Waals surface area contributed by atoms with Crippen LogP contribution in [-0.4, -0.2) is 65.4 Å². The van der Waals surface area contributed by atoms with Crippen molar-refractivity contribution in [3.8, 4) is 0 Å². The van der Waals surface area contributed by atoms with E-state index in [-0.39, 0.29) is 18.7 Å². The van der Waals surface area contributed by atoms with Crippen LogP contribution in [0.2, 0.25) is 0 Å². The molecule has 23 heavy (non-hydrogen) atoms. The van der Waals surface area contributed by atoms with Crippen molar-refractivity contribution < 1.29 is 14.6 Å². The number of carbonyl (C=O) groups excluding carboxylic acids is 1. The van der Waals surface area contributed by atoms with Crippen molar-refractivity contribution >= 4 is 6.09 Å². The van der Waals surface area contributed by atoms with Gasteiger partial charge in [-0.3, -0.25) is 4.90 Å². The molecular weight excluding hydrogens is 292 g/mol. The summed E-state index contributed by atoms with van der Waals surface area (Å²) in [6, 6.07) is 0.258. The van der Waals surface area contributed by atoms with Crippen LogP contribution < -0.4 is 0 Å². The Hall–Kier alpha value is -0.810. The van der Waals surface area contributed by atoms with Crippen LogP contribution in [0.25, 0.3) is 0 Å². The molecule has 1 heterocycles. The summed E-state index contributed by atoms with van der Waals surface area (Å²) in [6.45, 7) is 8.98. The van der Waals surface area contributed by atoms with Gasteiger partial charge in [0.1, 0.15) is 5.60 Å². The number of hydrogen-bond acceptors (Lipinski definition) is 4. The fourth-order valence-corrected chi connectivity index (χ4v) is 3.82. The van der Waals surface area contributed by atoms with E-state index in [1.807, 2.05) is 20.8 Å². The largest absolute Gasteiger partial charge is 0.444 e. The lowest BCUT2D eigenvalue weighted by atomic mass is 9.90. The Morgan fingerprint density at radius 3 is 2.13 bits per heavy atom. The van der Waals surface area contributed by atoms with Gasteiger partial charge in [-0.2, -0.15) is 0 Å². The summed E-state index contributed by atoms with van der Waals surface area (Å²) in [6.07, 6.45) is 7.50. The molecule has 0 bridgehead atoms. The van der Waals surface area contributed by atoms with E-state index < -0.39 is 5.60 Å². The molecule has 0 spiro atoms. The third-order valence-corrected chi connectivity index (χ3v) is 5.07. The molecule has 1 aliphatic carbocycles. The van der Waals surface area contributed by atoms with Crippen LogP contribution in [0.5, 0.6) is 0 Å². The maximum atomic E-state index is 12.1. The lowest BCUT2D eigenvalue weighted by Crippen LogP contribution is -2.55. The summed E-state index contributed by atoms with van der Waals surface area (Å²) < 4.78 is 5.45. The minimum Gasteiger partial charge on any atom is -0.444 e. The molecule has 1 N–H and O–H groups in total. The average molecular weight is 326 g/mol. The van der Waals surface area contributed by atoms with Crippen LogP contribution in [0.1, 0.15) is 59.3 Å². The van der Waals surface area contributed by atoms with Crippen LogP contribution in [0, 0.1) is 5.92 Å². The second-order valence-corrected chi connectivity index (χ2v) is 8.00. The van der Waals surface area contributed by atoms with Crippen molar-refractivity contribution in [2.45, 2.75) is 70.9 Å². The lowest BCUT2D eigenvalue weighted by molar-refractivity contribution is -0.00100. The number of aliphatic hydroxyl groups is 1. The summed E-state index contributed by atoms with van der Waals surface area (Å²) >= 11 is 0. The van der Waals surface area contributed by atoms with Crippen molar-refractivity contribution in [3.05, 3.63) is 0 Å². The summed E-state index contributed by atoms with van der Waals surface area (Å²) in [5.74, 6) is 0.607. The van der Waals surface area contributed by atoms with Gasteiger partial charge in [0, 0.05) is 32.2 Å². The maximum Gasteiger partial charge on any atom is 0.410 e. The molecule has 2 rings (SSSR count). The van der Waals surface area contributed by atoms with E-state index >= 15 is 0 Å². The highest BCUT2D eigenvalue weighted by molar-refractivity contribution is 5.68. The number of nitrogens with zero attached hydrogens (tertiary/aromatic N) is 2. The normalized spacial score (nSPS) is 23.4. The Morgan fingerprint density at radius 1 is 1.09 bits per heavy atom. The van der Waals surface area contributed by atoms with E-state index in [2.05, 4.69) is 4.90 Å². The minimum absolute atomic E-state index is 0.216. The highest BCUT2D eigenvalue weighted by Crippen LogP contribution is 2.28. The first-order chi connectivity index (χ1) is 10.9. The van der Waals surface area contributed by atoms with Crippen LogP contribution in [0.3, 0.4) is 0 Å². The summed E-state index contributed by atoms with van der Waals surface area (Å²) in [5.41, 5.74) is -0.442. The quantitative estimate of drug-likeness (QED) is 0.810. The van der Waals surface area contributed by atoms with Crippen molar-refractivity contribution in [3.63, 3.8) is 0 Å². The minimum atomic E-state index is -0.442. The van der Waals surface area contributed by atoms with Crippen LogP contribution in [0.15, 0.2) is 0 Å². The van der Waals surface area contributed by atoms with Gasteiger partial charge in [0.2, 0.25) is 0 Å². The van der Waals surface area contributed by atoms with Gasteiger partial charge in [-0.05, 0) is 39.5 Å². The molecule has 1 unspecified atom stereocenters. The van der Waals surface area contributed by atoms with E-state index in [1.165, 1.54) is 38.5 Å². The van der Waals surface area contributed by atoms with Gasteiger partial charge < -0.3 is 14.7 Å². The molecule has 0 aromatic rings. The summed E-state index contributed by atoms with van der Waals surface area (Å²) in [4.78, 5) is 16.3. The average Bonchev–Trinajstić information content (AvgIpc) is 2.76. The van der Waals surface area contributed by atoms with Crippen LogP contribution in [0.4, 0.5) is 4.79 Å². The first kappa shape index (κ1) is 18.5. The van der Waals surface area contributed by atoms with E-state index in [1.54, 1.807) is 4.90 Å². The van der Waals surface area contributed by atoms with Crippen molar-refractivity contribution in [1.29, 1.82) is 0 Å².